The molecule has 9 heteroatoms. The summed E-state index contributed by atoms with van der Waals surface area (Å²) in [4.78, 5) is 14.0. The summed E-state index contributed by atoms with van der Waals surface area (Å²) in [5, 5.41) is 12.0. The number of hydrogen-bond acceptors (Lipinski definition) is 5. The van der Waals surface area contributed by atoms with Crippen LogP contribution in [0.5, 0.6) is 0 Å². The predicted molar refractivity (Wildman–Crippen MR) is 90.7 cm³/mol. The summed E-state index contributed by atoms with van der Waals surface area (Å²) >= 11 is 5.87. The number of para-hydroxylation sites is 2. The van der Waals surface area contributed by atoms with E-state index >= 15 is 0 Å². The zero-order valence-electron chi connectivity index (χ0n) is 12.0. The number of fused-ring (bicyclic) bond motifs is 1. The van der Waals surface area contributed by atoms with Crippen molar-refractivity contribution in [2.75, 3.05) is 4.72 Å². The van der Waals surface area contributed by atoms with E-state index in [1.165, 1.54) is 24.3 Å². The molecule has 3 aromatic rings. The van der Waals surface area contributed by atoms with Crippen LogP contribution in [0, 0.1) is 10.1 Å². The molecule has 0 saturated heterocycles. The fourth-order valence-corrected chi connectivity index (χ4v) is 3.63. The van der Waals surface area contributed by atoms with Crippen LogP contribution in [0.1, 0.15) is 0 Å². The van der Waals surface area contributed by atoms with Crippen molar-refractivity contribution in [1.82, 2.24) is 4.98 Å². The van der Waals surface area contributed by atoms with E-state index in [2.05, 4.69) is 9.71 Å². The van der Waals surface area contributed by atoms with E-state index in [0.29, 0.717) is 10.9 Å². The molecule has 0 bridgehead atoms. The van der Waals surface area contributed by atoms with Crippen molar-refractivity contribution in [1.29, 1.82) is 0 Å². The van der Waals surface area contributed by atoms with Crippen molar-refractivity contribution in [2.45, 2.75) is 4.90 Å². The summed E-state index contributed by atoms with van der Waals surface area (Å²) in [6.07, 6.45) is 0. The minimum atomic E-state index is -4.17. The first-order chi connectivity index (χ1) is 11.4. The molecule has 0 spiro atoms. The van der Waals surface area contributed by atoms with Gasteiger partial charge in [-0.05, 0) is 24.3 Å². The van der Waals surface area contributed by atoms with Crippen molar-refractivity contribution >= 4 is 43.9 Å². The third kappa shape index (κ3) is 3.01. The molecule has 0 saturated carbocycles. The van der Waals surface area contributed by atoms with Gasteiger partial charge in [0.25, 0.3) is 15.7 Å². The standard InChI is InChI=1S/C15H10ClN3O4S/c16-14-9-8-10-4-3-5-11(15(10)17-14)18-24(22,23)13-7-2-1-6-12(13)19(20)21/h1-9,18H. The van der Waals surface area contributed by atoms with Gasteiger partial charge in [-0.2, -0.15) is 0 Å². The molecule has 0 fully saturated rings. The smallest absolute Gasteiger partial charge is 0.277 e. The highest BCUT2D eigenvalue weighted by molar-refractivity contribution is 7.92. The van der Waals surface area contributed by atoms with Crippen LogP contribution in [-0.2, 0) is 10.0 Å². The van der Waals surface area contributed by atoms with Crippen LogP contribution < -0.4 is 4.72 Å². The molecule has 122 valence electrons. The Morgan fingerprint density at radius 2 is 1.79 bits per heavy atom. The van der Waals surface area contributed by atoms with Gasteiger partial charge in [0.2, 0.25) is 0 Å². The second kappa shape index (κ2) is 6.06. The minimum absolute atomic E-state index is 0.188. The highest BCUT2D eigenvalue weighted by Gasteiger charge is 2.25. The molecular formula is C15H10ClN3O4S. The zero-order valence-corrected chi connectivity index (χ0v) is 13.6. The maximum absolute atomic E-state index is 12.6. The van der Waals surface area contributed by atoms with Crippen LogP contribution in [0.15, 0.2) is 59.5 Å². The minimum Gasteiger partial charge on any atom is -0.277 e. The lowest BCUT2D eigenvalue weighted by molar-refractivity contribution is -0.387. The van der Waals surface area contributed by atoms with Gasteiger partial charge in [-0.3, -0.25) is 14.8 Å². The number of nitrogens with one attached hydrogen (secondary N) is 1. The summed E-state index contributed by atoms with van der Waals surface area (Å²) in [6, 6.07) is 13.3. The molecule has 2 aromatic carbocycles. The summed E-state index contributed by atoms with van der Waals surface area (Å²) in [7, 11) is -4.17. The SMILES string of the molecule is O=[N+]([O-])c1ccccc1S(=O)(=O)Nc1cccc2ccc(Cl)nc12. The second-order valence-electron chi connectivity index (χ2n) is 4.84. The molecule has 7 nitrogen and oxygen atoms in total. The number of rotatable bonds is 4. The zero-order chi connectivity index (χ0) is 17.3. The molecular weight excluding hydrogens is 354 g/mol. The number of benzene rings is 2. The van der Waals surface area contributed by atoms with Gasteiger partial charge in [-0.1, -0.05) is 35.9 Å². The monoisotopic (exact) mass is 363 g/mol. The van der Waals surface area contributed by atoms with E-state index in [4.69, 9.17) is 11.6 Å². The molecule has 0 radical (unpaired) electrons. The molecule has 3 rings (SSSR count). The van der Waals surface area contributed by atoms with Crippen molar-refractivity contribution in [3.05, 3.63) is 69.9 Å². The maximum atomic E-state index is 12.6. The molecule has 0 aliphatic rings. The lowest BCUT2D eigenvalue weighted by atomic mass is 10.2. The number of sulfonamides is 1. The number of anilines is 1. The van der Waals surface area contributed by atoms with Crippen molar-refractivity contribution in [3.63, 3.8) is 0 Å². The van der Waals surface area contributed by atoms with Crippen molar-refractivity contribution in [2.24, 2.45) is 0 Å². The Morgan fingerprint density at radius 3 is 2.54 bits per heavy atom. The third-order valence-electron chi connectivity index (χ3n) is 3.28. The lowest BCUT2D eigenvalue weighted by Crippen LogP contribution is -2.15. The highest BCUT2D eigenvalue weighted by Crippen LogP contribution is 2.28. The second-order valence-corrected chi connectivity index (χ2v) is 6.88. The highest BCUT2D eigenvalue weighted by atomic mass is 35.5. The Morgan fingerprint density at radius 1 is 1.04 bits per heavy atom. The first kappa shape index (κ1) is 16.2. The Labute approximate surface area is 142 Å². The normalized spacial score (nSPS) is 11.4. The van der Waals surface area contributed by atoms with E-state index in [0.717, 1.165) is 6.07 Å². The van der Waals surface area contributed by atoms with Crippen molar-refractivity contribution < 1.29 is 13.3 Å². The van der Waals surface area contributed by atoms with Gasteiger partial charge in [0.15, 0.2) is 4.90 Å². The maximum Gasteiger partial charge on any atom is 0.289 e. The van der Waals surface area contributed by atoms with Gasteiger partial charge in [0.05, 0.1) is 16.1 Å². The van der Waals surface area contributed by atoms with Crippen LogP contribution in [-0.4, -0.2) is 18.3 Å². The molecule has 1 N–H and O–H groups in total. The Hall–Kier alpha value is -2.71. The summed E-state index contributed by atoms with van der Waals surface area (Å²) in [5.74, 6) is 0. The molecule has 1 aromatic heterocycles. The van der Waals surface area contributed by atoms with Crippen molar-refractivity contribution in [3.8, 4) is 0 Å². The largest absolute Gasteiger partial charge is 0.289 e. The average molecular weight is 364 g/mol. The van der Waals surface area contributed by atoms with Crippen LogP contribution in [0.2, 0.25) is 5.15 Å². The molecule has 0 aliphatic carbocycles. The molecule has 1 heterocycles. The number of nitro benzene ring substituents is 1. The topological polar surface area (TPSA) is 102 Å². The number of aromatic nitrogens is 1. The van der Waals surface area contributed by atoms with E-state index in [1.807, 2.05) is 0 Å². The fourth-order valence-electron chi connectivity index (χ4n) is 2.24. The first-order valence-electron chi connectivity index (χ1n) is 6.70. The van der Waals surface area contributed by atoms with Crippen LogP contribution in [0.25, 0.3) is 10.9 Å². The summed E-state index contributed by atoms with van der Waals surface area (Å²) in [6.45, 7) is 0. The Balaban J connectivity index is 2.12. The fraction of sp³-hybridized carbons (Fsp3) is 0. The van der Waals surface area contributed by atoms with E-state index in [1.54, 1.807) is 24.3 Å². The van der Waals surface area contributed by atoms with Gasteiger partial charge in [0, 0.05) is 11.5 Å². The summed E-state index contributed by atoms with van der Waals surface area (Å²) < 4.78 is 27.5. The van der Waals surface area contributed by atoms with Gasteiger partial charge < -0.3 is 0 Å². The third-order valence-corrected chi connectivity index (χ3v) is 4.91. The lowest BCUT2D eigenvalue weighted by Gasteiger charge is -2.10. The number of hydrogen-bond donors (Lipinski definition) is 1. The van der Waals surface area contributed by atoms with E-state index in [-0.39, 0.29) is 10.8 Å². The van der Waals surface area contributed by atoms with Crippen LogP contribution >= 0.6 is 11.6 Å². The Kier molecular flexibility index (Phi) is 4.08. The van der Waals surface area contributed by atoms with Gasteiger partial charge in [0.1, 0.15) is 5.15 Å². The number of nitrogens with zero attached hydrogens (tertiary/aromatic N) is 2. The predicted octanol–water partition coefficient (Wildman–Crippen LogP) is 3.60. The van der Waals surface area contributed by atoms with Gasteiger partial charge >= 0.3 is 0 Å². The number of pyridine rings is 1. The van der Waals surface area contributed by atoms with Crippen LogP contribution in [0.3, 0.4) is 0 Å². The Bertz CT molecular complexity index is 1050. The average Bonchev–Trinajstić information content (AvgIpc) is 2.55. The van der Waals surface area contributed by atoms with Gasteiger partial charge in [-0.15, -0.1) is 0 Å². The quantitative estimate of drug-likeness (QED) is 0.433. The molecule has 0 amide bonds. The van der Waals surface area contributed by atoms with Crippen LogP contribution in [0.4, 0.5) is 11.4 Å². The molecule has 0 unspecified atom stereocenters. The molecule has 0 atom stereocenters. The number of nitro groups is 1. The van der Waals surface area contributed by atoms with E-state index < -0.39 is 25.5 Å². The summed E-state index contributed by atoms with van der Waals surface area (Å²) in [5.41, 5.74) is 0.0385. The number of halogens is 1. The van der Waals surface area contributed by atoms with Gasteiger partial charge in [-0.25, -0.2) is 13.4 Å². The molecule has 24 heavy (non-hydrogen) atoms. The first-order valence-corrected chi connectivity index (χ1v) is 8.56. The molecule has 0 aliphatic heterocycles. The van der Waals surface area contributed by atoms with E-state index in [9.17, 15) is 18.5 Å².